The maximum atomic E-state index is 11.6. The molecule has 2 N–H and O–H groups in total. The Balaban J connectivity index is 1.16. The van der Waals surface area contributed by atoms with Crippen LogP contribution in [0.15, 0.2) is 30.3 Å². The molecule has 3 saturated carbocycles. The van der Waals surface area contributed by atoms with Crippen LogP contribution in [0.2, 0.25) is 0 Å². The molecule has 0 radical (unpaired) electrons. The quantitative estimate of drug-likeness (QED) is 0.564. The fourth-order valence-electron chi connectivity index (χ4n) is 5.94. The standard InChI is InChI=1S/C27H40N2O3/c30-25(31)27(11-12-27)19-29-15-13-26(14-16-29,20-32-22-9-5-2-6-10-22)18-28-24-17-23(24)21-7-3-1-4-8-21/h1,3-4,7-8,22-24,28H,2,5-6,9-20H2,(H,30,31)/t23-,24-/m1/s1. The zero-order valence-electron chi connectivity index (χ0n) is 19.4. The van der Waals surface area contributed by atoms with Gasteiger partial charge in [-0.2, -0.15) is 0 Å². The maximum Gasteiger partial charge on any atom is 0.310 e. The van der Waals surface area contributed by atoms with Gasteiger partial charge in [0.05, 0.1) is 18.1 Å². The molecule has 1 saturated heterocycles. The Hall–Kier alpha value is -1.43. The lowest BCUT2D eigenvalue weighted by Gasteiger charge is -2.43. The first-order valence-electron chi connectivity index (χ1n) is 12.9. The van der Waals surface area contributed by atoms with Crippen molar-refractivity contribution >= 4 is 5.97 Å². The van der Waals surface area contributed by atoms with Crippen LogP contribution < -0.4 is 5.32 Å². The Bertz CT molecular complexity index is 764. The predicted octanol–water partition coefficient (Wildman–Crippen LogP) is 4.43. The molecular formula is C27H40N2O3. The first-order chi connectivity index (χ1) is 15.6. The first-order valence-corrected chi connectivity index (χ1v) is 12.9. The number of rotatable bonds is 10. The average Bonchev–Trinajstić information content (AvgIpc) is 3.75. The molecule has 0 amide bonds. The summed E-state index contributed by atoms with van der Waals surface area (Å²) in [5.41, 5.74) is 1.18. The molecule has 1 heterocycles. The topological polar surface area (TPSA) is 61.8 Å². The number of nitrogens with zero attached hydrogens (tertiary/aromatic N) is 1. The van der Waals surface area contributed by atoms with Crippen molar-refractivity contribution in [3.8, 4) is 0 Å². The molecule has 1 aliphatic heterocycles. The number of hydrogen-bond donors (Lipinski definition) is 2. The minimum atomic E-state index is -0.600. The van der Waals surface area contributed by atoms with Crippen LogP contribution in [-0.4, -0.2) is 60.9 Å². The highest BCUT2D eigenvalue weighted by Crippen LogP contribution is 2.47. The van der Waals surface area contributed by atoms with E-state index in [0.29, 0.717) is 18.1 Å². The van der Waals surface area contributed by atoms with Crippen LogP contribution in [0.25, 0.3) is 0 Å². The molecule has 1 aromatic carbocycles. The fraction of sp³-hybridized carbons (Fsp3) is 0.741. The van der Waals surface area contributed by atoms with Crippen LogP contribution in [0.5, 0.6) is 0 Å². The van der Waals surface area contributed by atoms with Crippen molar-refractivity contribution in [1.82, 2.24) is 10.2 Å². The summed E-state index contributed by atoms with van der Waals surface area (Å²) in [6.07, 6.45) is 12.0. The van der Waals surface area contributed by atoms with E-state index < -0.39 is 11.4 Å². The van der Waals surface area contributed by atoms with Crippen LogP contribution in [0.3, 0.4) is 0 Å². The first kappa shape index (κ1) is 22.4. The minimum Gasteiger partial charge on any atom is -0.481 e. The number of ether oxygens (including phenoxy) is 1. The van der Waals surface area contributed by atoms with Crippen LogP contribution in [-0.2, 0) is 9.53 Å². The number of aliphatic carboxylic acids is 1. The lowest BCUT2D eigenvalue weighted by Crippen LogP contribution is -2.50. The van der Waals surface area contributed by atoms with Crippen molar-refractivity contribution in [1.29, 1.82) is 0 Å². The summed E-state index contributed by atoms with van der Waals surface area (Å²) in [6.45, 7) is 4.60. The lowest BCUT2D eigenvalue weighted by molar-refractivity contribution is -0.144. The smallest absolute Gasteiger partial charge is 0.310 e. The van der Waals surface area contributed by atoms with E-state index in [9.17, 15) is 9.90 Å². The van der Waals surface area contributed by atoms with E-state index in [0.717, 1.165) is 58.5 Å². The van der Waals surface area contributed by atoms with Crippen LogP contribution in [0.1, 0.15) is 75.7 Å². The van der Waals surface area contributed by atoms with Gasteiger partial charge in [-0.15, -0.1) is 0 Å². The molecule has 1 aromatic rings. The van der Waals surface area contributed by atoms with Gasteiger partial charge in [-0.1, -0.05) is 49.6 Å². The van der Waals surface area contributed by atoms with Gasteiger partial charge in [0.25, 0.3) is 0 Å². The molecule has 3 aliphatic carbocycles. The van der Waals surface area contributed by atoms with Gasteiger partial charge in [-0.05, 0) is 63.6 Å². The third-order valence-electron chi connectivity index (χ3n) is 8.69. The highest BCUT2D eigenvalue weighted by atomic mass is 16.5. The number of carbonyl (C=O) groups is 1. The molecule has 32 heavy (non-hydrogen) atoms. The van der Waals surface area contributed by atoms with Crippen molar-refractivity contribution in [3.63, 3.8) is 0 Å². The van der Waals surface area contributed by atoms with Gasteiger partial charge >= 0.3 is 5.97 Å². The second-order valence-corrected chi connectivity index (χ2v) is 11.2. The fourth-order valence-corrected chi connectivity index (χ4v) is 5.94. The predicted molar refractivity (Wildman–Crippen MR) is 126 cm³/mol. The summed E-state index contributed by atoms with van der Waals surface area (Å²) in [7, 11) is 0. The Morgan fingerprint density at radius 2 is 1.78 bits per heavy atom. The van der Waals surface area contributed by atoms with Gasteiger partial charge in [-0.3, -0.25) is 4.79 Å². The SMILES string of the molecule is O=C(O)C1(CN2CCC(CN[C@@H]3C[C@@H]3c3ccccc3)(COC3CCCCC3)CC2)CC1. The van der Waals surface area contributed by atoms with Crippen LogP contribution in [0.4, 0.5) is 0 Å². The van der Waals surface area contributed by atoms with Gasteiger partial charge in [0.1, 0.15) is 0 Å². The second kappa shape index (κ2) is 9.44. The number of likely N-dealkylation sites (tertiary alicyclic amines) is 1. The minimum absolute atomic E-state index is 0.178. The molecule has 0 spiro atoms. The van der Waals surface area contributed by atoms with Gasteiger partial charge in [0, 0.05) is 30.5 Å². The summed E-state index contributed by atoms with van der Waals surface area (Å²) < 4.78 is 6.52. The van der Waals surface area contributed by atoms with E-state index in [-0.39, 0.29) is 5.41 Å². The third kappa shape index (κ3) is 5.21. The Morgan fingerprint density at radius 1 is 1.06 bits per heavy atom. The third-order valence-corrected chi connectivity index (χ3v) is 8.69. The van der Waals surface area contributed by atoms with Gasteiger partial charge in [0.2, 0.25) is 0 Å². The van der Waals surface area contributed by atoms with Crippen LogP contribution in [0, 0.1) is 10.8 Å². The van der Waals surface area contributed by atoms with Crippen molar-refractivity contribution < 1.29 is 14.6 Å². The molecule has 0 aromatic heterocycles. The molecule has 5 nitrogen and oxygen atoms in total. The Labute approximate surface area is 192 Å². The van der Waals surface area contributed by atoms with Crippen molar-refractivity contribution in [3.05, 3.63) is 35.9 Å². The number of hydrogen-bond acceptors (Lipinski definition) is 4. The molecule has 4 aliphatic rings. The average molecular weight is 441 g/mol. The maximum absolute atomic E-state index is 11.6. The summed E-state index contributed by atoms with van der Waals surface area (Å²) in [5, 5.41) is 13.5. The monoisotopic (exact) mass is 440 g/mol. The number of benzene rings is 1. The Kier molecular flexibility index (Phi) is 6.60. The number of piperidine rings is 1. The van der Waals surface area contributed by atoms with Gasteiger partial charge in [0.15, 0.2) is 0 Å². The van der Waals surface area contributed by atoms with Gasteiger partial charge in [-0.25, -0.2) is 0 Å². The number of carboxylic acid groups (broad SMARTS) is 1. The molecule has 176 valence electrons. The van der Waals surface area contributed by atoms with E-state index in [1.165, 1.54) is 44.1 Å². The van der Waals surface area contributed by atoms with Crippen molar-refractivity contribution in [2.75, 3.05) is 32.8 Å². The molecule has 5 heteroatoms. The van der Waals surface area contributed by atoms with Crippen LogP contribution >= 0.6 is 0 Å². The summed E-state index contributed by atoms with van der Waals surface area (Å²) in [6, 6.07) is 11.5. The molecule has 0 bridgehead atoms. The molecule has 4 fully saturated rings. The van der Waals surface area contributed by atoms with Gasteiger partial charge < -0.3 is 20.1 Å². The second-order valence-electron chi connectivity index (χ2n) is 11.2. The normalized spacial score (nSPS) is 29.5. The lowest BCUT2D eigenvalue weighted by atomic mass is 9.78. The summed E-state index contributed by atoms with van der Waals surface area (Å²) in [4.78, 5) is 14.0. The zero-order valence-corrected chi connectivity index (χ0v) is 19.4. The van der Waals surface area contributed by atoms with E-state index in [4.69, 9.17) is 4.74 Å². The molecular weight excluding hydrogens is 400 g/mol. The molecule has 2 atom stereocenters. The highest BCUT2D eigenvalue weighted by molar-refractivity contribution is 5.78. The van der Waals surface area contributed by atoms with E-state index >= 15 is 0 Å². The van der Waals surface area contributed by atoms with Crippen molar-refractivity contribution in [2.45, 2.75) is 82.3 Å². The number of nitrogens with one attached hydrogen (secondary N) is 1. The van der Waals surface area contributed by atoms with E-state index in [1.807, 2.05) is 0 Å². The highest BCUT2D eigenvalue weighted by Gasteiger charge is 2.52. The summed E-state index contributed by atoms with van der Waals surface area (Å²) >= 11 is 0. The molecule has 5 rings (SSSR count). The van der Waals surface area contributed by atoms with Crippen molar-refractivity contribution in [2.24, 2.45) is 10.8 Å². The number of carboxylic acids is 1. The summed E-state index contributed by atoms with van der Waals surface area (Å²) in [5.74, 6) is 0.0511. The van der Waals surface area contributed by atoms with E-state index in [2.05, 4.69) is 40.5 Å². The van der Waals surface area contributed by atoms with E-state index in [1.54, 1.807) is 0 Å². The zero-order chi connectivity index (χ0) is 22.0. The molecule has 0 unspecified atom stereocenters. The Morgan fingerprint density at radius 3 is 2.44 bits per heavy atom. The largest absolute Gasteiger partial charge is 0.481 e.